The Hall–Kier alpha value is -2.94. The summed E-state index contributed by atoms with van der Waals surface area (Å²) in [7, 11) is 0. The molecule has 4 N–H and O–H groups in total. The molecule has 0 spiro atoms. The van der Waals surface area contributed by atoms with E-state index in [9.17, 15) is 33.9 Å². The summed E-state index contributed by atoms with van der Waals surface area (Å²) in [6.07, 6.45) is 20.3. The van der Waals surface area contributed by atoms with E-state index in [2.05, 4.69) is 22.9 Å². The van der Waals surface area contributed by atoms with Crippen LogP contribution in [0.5, 0.6) is 0 Å². The number of hydrogen-bond donors (Lipinski definition) is 4. The quantitative estimate of drug-likeness (QED) is 0.0469. The zero-order chi connectivity index (χ0) is 43.5. The van der Waals surface area contributed by atoms with Gasteiger partial charge in [0.1, 0.15) is 24.2 Å². The number of carbonyl (C=O) groups excluding carboxylic acids is 5. The van der Waals surface area contributed by atoms with E-state index in [1.807, 2.05) is 13.8 Å². The number of unbranched alkanes of at least 4 members (excludes halogenated alkanes) is 13. The number of carbonyl (C=O) groups is 6. The minimum absolute atomic E-state index is 0.00426. The van der Waals surface area contributed by atoms with Gasteiger partial charge in [0.15, 0.2) is 0 Å². The van der Waals surface area contributed by atoms with Gasteiger partial charge in [-0.2, -0.15) is 0 Å². The van der Waals surface area contributed by atoms with Crippen LogP contribution < -0.4 is 16.0 Å². The number of carboxylic acids is 1. The van der Waals surface area contributed by atoms with Crippen molar-refractivity contribution >= 4 is 35.3 Å². The molecule has 2 atom stereocenters. The van der Waals surface area contributed by atoms with E-state index >= 15 is 0 Å². The number of carboxylic acid groups (broad SMARTS) is 1. The third-order valence-corrected chi connectivity index (χ3v) is 9.48. The van der Waals surface area contributed by atoms with Crippen molar-refractivity contribution in [2.24, 2.45) is 5.92 Å². The van der Waals surface area contributed by atoms with E-state index in [-0.39, 0.29) is 54.7 Å². The molecule has 0 saturated carbocycles. The summed E-state index contributed by atoms with van der Waals surface area (Å²) in [5.41, 5.74) is 0. The molecular weight excluding hydrogens is 746 g/mol. The third kappa shape index (κ3) is 44.2. The number of amides is 3. The van der Waals surface area contributed by atoms with Crippen LogP contribution in [0.1, 0.15) is 169 Å². The topological polar surface area (TPSA) is 196 Å². The maximum Gasteiger partial charge on any atom is 0.326 e. The fourth-order valence-electron chi connectivity index (χ4n) is 5.73. The minimum atomic E-state index is -1.09. The van der Waals surface area contributed by atoms with Crippen LogP contribution in [0.3, 0.4) is 0 Å². The van der Waals surface area contributed by atoms with Crippen LogP contribution in [-0.4, -0.2) is 112 Å². The molecule has 340 valence electrons. The lowest BCUT2D eigenvalue weighted by atomic mass is 10.0. The van der Waals surface area contributed by atoms with Gasteiger partial charge in [-0.05, 0) is 46.0 Å². The highest BCUT2D eigenvalue weighted by atomic mass is 16.5. The van der Waals surface area contributed by atoms with Crippen LogP contribution in [0.2, 0.25) is 0 Å². The van der Waals surface area contributed by atoms with E-state index in [4.69, 9.17) is 18.9 Å². The molecule has 0 rings (SSSR count). The second-order valence-corrected chi connectivity index (χ2v) is 14.9. The maximum absolute atomic E-state index is 12.1. The van der Waals surface area contributed by atoms with Crippen LogP contribution in [0.15, 0.2) is 0 Å². The van der Waals surface area contributed by atoms with Gasteiger partial charge >= 0.3 is 5.97 Å². The van der Waals surface area contributed by atoms with Crippen molar-refractivity contribution in [2.75, 3.05) is 65.9 Å². The van der Waals surface area contributed by atoms with Crippen molar-refractivity contribution in [3.63, 3.8) is 0 Å². The Balaban J connectivity index is 0. The fourth-order valence-corrected chi connectivity index (χ4v) is 5.73. The molecule has 0 bridgehead atoms. The Kier molecular flexibility index (Phi) is 43.0. The lowest BCUT2D eigenvalue weighted by molar-refractivity contribution is -0.142. The Morgan fingerprint density at radius 3 is 1.67 bits per heavy atom. The average Bonchev–Trinajstić information content (AvgIpc) is 3.18. The summed E-state index contributed by atoms with van der Waals surface area (Å²) >= 11 is 0. The molecule has 0 aromatic carbocycles. The number of ether oxygens (including phenoxy) is 4. The van der Waals surface area contributed by atoms with Crippen LogP contribution in [0.25, 0.3) is 0 Å². The van der Waals surface area contributed by atoms with Gasteiger partial charge in [0.2, 0.25) is 17.7 Å². The van der Waals surface area contributed by atoms with Gasteiger partial charge in [-0.25, -0.2) is 4.79 Å². The first-order valence-corrected chi connectivity index (χ1v) is 22.3. The van der Waals surface area contributed by atoms with E-state index < -0.39 is 12.0 Å². The number of Topliss-reactive ketones (excluding diaryl/α,β-unsaturated/α-hetero) is 2. The van der Waals surface area contributed by atoms with Crippen LogP contribution in [-0.2, 0) is 47.7 Å². The van der Waals surface area contributed by atoms with Crippen molar-refractivity contribution < 1.29 is 52.8 Å². The first-order valence-electron chi connectivity index (χ1n) is 22.3. The van der Waals surface area contributed by atoms with Gasteiger partial charge in [-0.3, -0.25) is 24.0 Å². The van der Waals surface area contributed by atoms with E-state index in [0.29, 0.717) is 78.6 Å². The highest BCUT2D eigenvalue weighted by molar-refractivity contribution is 5.84. The first kappa shape index (κ1) is 57.2. The molecule has 0 aromatic rings. The molecule has 0 saturated heterocycles. The Morgan fingerprint density at radius 1 is 0.534 bits per heavy atom. The lowest BCUT2D eigenvalue weighted by Gasteiger charge is -2.14. The van der Waals surface area contributed by atoms with E-state index in [1.165, 1.54) is 71.1 Å². The third-order valence-electron chi connectivity index (χ3n) is 9.48. The van der Waals surface area contributed by atoms with E-state index in [0.717, 1.165) is 38.5 Å². The number of rotatable bonds is 41. The summed E-state index contributed by atoms with van der Waals surface area (Å²) in [5.74, 6) is -1.26. The van der Waals surface area contributed by atoms with Crippen LogP contribution >= 0.6 is 0 Å². The van der Waals surface area contributed by atoms with E-state index in [1.54, 1.807) is 6.92 Å². The smallest absolute Gasteiger partial charge is 0.326 e. The standard InChI is InChI=1S/C28H53NO6.C16H30N2O5/c1-3-5-6-7-8-9-10-11-12-13-14-15-16-19-27(31)29-26(28(32)33)21-20-25(30)18-17-22-35-24-23-34-4-2;1-13(14(2)19)6-4-5-7-18-16(21)12-23-11-10-22-9-8-17-15(3)20/h26H,3-24H2,1-2H3,(H,29,31)(H,32,33);13H,4-12H2,1-3H3,(H,17,20)(H,18,21)/t;13-/m.0/s1. The Morgan fingerprint density at radius 2 is 1.10 bits per heavy atom. The number of hydrogen-bond acceptors (Lipinski definition) is 10. The minimum Gasteiger partial charge on any atom is -0.480 e. The van der Waals surface area contributed by atoms with Crippen molar-refractivity contribution in [3.8, 4) is 0 Å². The normalized spacial score (nSPS) is 11.9. The molecule has 14 nitrogen and oxygen atoms in total. The van der Waals surface area contributed by atoms with Crippen molar-refractivity contribution in [2.45, 2.75) is 175 Å². The average molecular weight is 830 g/mol. The van der Waals surface area contributed by atoms with Gasteiger partial charge in [-0.1, -0.05) is 97.3 Å². The molecule has 0 fully saturated rings. The molecule has 0 aromatic heterocycles. The summed E-state index contributed by atoms with van der Waals surface area (Å²) in [6, 6.07) is -1.00. The second kappa shape index (κ2) is 43.6. The number of aliphatic carboxylic acids is 1. The fraction of sp³-hybridized carbons (Fsp3) is 0.864. The monoisotopic (exact) mass is 830 g/mol. The molecule has 0 aliphatic carbocycles. The van der Waals surface area contributed by atoms with Crippen LogP contribution in [0.4, 0.5) is 0 Å². The van der Waals surface area contributed by atoms with Gasteiger partial charge in [-0.15, -0.1) is 0 Å². The maximum atomic E-state index is 12.1. The van der Waals surface area contributed by atoms with Gasteiger partial charge < -0.3 is 40.0 Å². The molecule has 0 aliphatic heterocycles. The zero-order valence-electron chi connectivity index (χ0n) is 37.1. The second-order valence-electron chi connectivity index (χ2n) is 14.9. The zero-order valence-corrected chi connectivity index (χ0v) is 37.1. The summed E-state index contributed by atoms with van der Waals surface area (Å²) in [4.78, 5) is 68.7. The highest BCUT2D eigenvalue weighted by Gasteiger charge is 2.20. The molecule has 14 heteroatoms. The summed E-state index contributed by atoms with van der Waals surface area (Å²) in [5, 5.41) is 17.3. The first-order chi connectivity index (χ1) is 27.9. The largest absolute Gasteiger partial charge is 0.480 e. The Bertz CT molecular complexity index is 1040. The highest BCUT2D eigenvalue weighted by Crippen LogP contribution is 2.13. The number of nitrogens with one attached hydrogen (secondary N) is 3. The molecule has 0 aliphatic rings. The molecule has 1 unspecified atom stereocenters. The Labute approximate surface area is 350 Å². The van der Waals surface area contributed by atoms with Gasteiger partial charge in [0.05, 0.1) is 33.0 Å². The predicted octanol–water partition coefficient (Wildman–Crippen LogP) is 6.89. The lowest BCUT2D eigenvalue weighted by Crippen LogP contribution is -2.41. The molecule has 0 heterocycles. The molecular formula is C44H83N3O11. The molecule has 0 radical (unpaired) electrons. The van der Waals surface area contributed by atoms with Crippen molar-refractivity contribution in [1.29, 1.82) is 0 Å². The predicted molar refractivity (Wildman–Crippen MR) is 228 cm³/mol. The van der Waals surface area contributed by atoms with Crippen LogP contribution in [0, 0.1) is 5.92 Å². The van der Waals surface area contributed by atoms with Crippen molar-refractivity contribution in [1.82, 2.24) is 16.0 Å². The van der Waals surface area contributed by atoms with Crippen molar-refractivity contribution in [3.05, 3.63) is 0 Å². The summed E-state index contributed by atoms with van der Waals surface area (Å²) < 4.78 is 20.9. The van der Waals surface area contributed by atoms with Gasteiger partial charge in [0, 0.05) is 58.4 Å². The SMILES string of the molecule is CC(=O)NCCOCCOCC(=O)NCCCC[C@H](C)C(C)=O.CCCCCCCCCCCCCCCC(=O)NC(CCC(=O)CCCOCCOCC)C(=O)O. The molecule has 58 heavy (non-hydrogen) atoms. The summed E-state index contributed by atoms with van der Waals surface area (Å²) in [6.45, 7) is 13.6. The molecule has 3 amide bonds. The number of ketones is 2. The van der Waals surface area contributed by atoms with Gasteiger partial charge in [0.25, 0.3) is 0 Å².